The van der Waals surface area contributed by atoms with E-state index in [1.165, 1.54) is 0 Å². The summed E-state index contributed by atoms with van der Waals surface area (Å²) in [6.45, 7) is 4.90. The van der Waals surface area contributed by atoms with Crippen molar-refractivity contribution in [2.24, 2.45) is 5.92 Å². The van der Waals surface area contributed by atoms with Gasteiger partial charge in [-0.25, -0.2) is 5.32 Å². The molecule has 0 aromatic rings. The Kier molecular flexibility index (Phi) is 2.79. The predicted octanol–water partition coefficient (Wildman–Crippen LogP) is 1.34. The lowest BCUT2D eigenvalue weighted by Crippen LogP contribution is -2.43. The molecule has 3 heteroatoms. The SMILES string of the molecule is CC(C)C1CC(O)(Cl)CC[N]1. The van der Waals surface area contributed by atoms with Crippen LogP contribution in [0, 0.1) is 5.92 Å². The minimum absolute atomic E-state index is 0.242. The smallest absolute Gasteiger partial charge is 0.141 e. The zero-order chi connectivity index (χ0) is 8.48. The first-order valence-corrected chi connectivity index (χ1v) is 4.47. The van der Waals surface area contributed by atoms with Gasteiger partial charge in [0.1, 0.15) is 5.06 Å². The minimum Gasteiger partial charge on any atom is -0.375 e. The Bertz CT molecular complexity index is 136. The molecule has 1 aliphatic rings. The van der Waals surface area contributed by atoms with Crippen LogP contribution in [0.2, 0.25) is 0 Å². The third kappa shape index (κ3) is 2.62. The maximum absolute atomic E-state index is 9.50. The van der Waals surface area contributed by atoms with Crippen molar-refractivity contribution in [2.45, 2.75) is 37.8 Å². The quantitative estimate of drug-likeness (QED) is 0.602. The molecular formula is C8H15ClNO. The fraction of sp³-hybridized carbons (Fsp3) is 1.00. The van der Waals surface area contributed by atoms with Crippen molar-refractivity contribution >= 4 is 11.6 Å². The molecule has 1 N–H and O–H groups in total. The van der Waals surface area contributed by atoms with E-state index in [-0.39, 0.29) is 6.04 Å². The number of aliphatic hydroxyl groups is 1. The summed E-state index contributed by atoms with van der Waals surface area (Å²) in [5.74, 6) is 0.487. The van der Waals surface area contributed by atoms with E-state index in [4.69, 9.17) is 11.6 Å². The average Bonchev–Trinajstić information content (AvgIpc) is 1.85. The number of alkyl halides is 1. The lowest BCUT2D eigenvalue weighted by Gasteiger charge is -2.33. The first-order valence-electron chi connectivity index (χ1n) is 4.09. The number of halogens is 1. The van der Waals surface area contributed by atoms with Crippen LogP contribution in [0.5, 0.6) is 0 Å². The van der Waals surface area contributed by atoms with E-state index in [9.17, 15) is 5.11 Å². The van der Waals surface area contributed by atoms with Crippen LogP contribution < -0.4 is 5.32 Å². The van der Waals surface area contributed by atoms with E-state index in [1.807, 2.05) is 0 Å². The zero-order valence-electron chi connectivity index (χ0n) is 7.05. The minimum atomic E-state index is -0.989. The molecule has 0 spiro atoms. The van der Waals surface area contributed by atoms with Crippen LogP contribution in [0.15, 0.2) is 0 Å². The summed E-state index contributed by atoms with van der Waals surface area (Å²) in [6, 6.07) is 0.242. The van der Waals surface area contributed by atoms with E-state index >= 15 is 0 Å². The first kappa shape index (κ1) is 9.30. The van der Waals surface area contributed by atoms with E-state index in [2.05, 4.69) is 19.2 Å². The van der Waals surface area contributed by atoms with Crippen LogP contribution in [0.3, 0.4) is 0 Å². The second-order valence-corrected chi connectivity index (χ2v) is 4.29. The van der Waals surface area contributed by atoms with Gasteiger partial charge in [0.2, 0.25) is 0 Å². The van der Waals surface area contributed by atoms with Crippen molar-refractivity contribution in [3.8, 4) is 0 Å². The lowest BCUT2D eigenvalue weighted by molar-refractivity contribution is 0.0636. The number of piperidine rings is 1. The molecule has 2 unspecified atom stereocenters. The van der Waals surface area contributed by atoms with E-state index in [1.54, 1.807) is 0 Å². The van der Waals surface area contributed by atoms with Gasteiger partial charge in [0, 0.05) is 25.4 Å². The van der Waals surface area contributed by atoms with Crippen molar-refractivity contribution in [3.63, 3.8) is 0 Å². The molecule has 1 radical (unpaired) electrons. The molecule has 1 aliphatic heterocycles. The third-order valence-electron chi connectivity index (χ3n) is 2.15. The largest absolute Gasteiger partial charge is 0.375 e. The molecule has 1 fully saturated rings. The summed E-state index contributed by atoms with van der Waals surface area (Å²) in [5.41, 5.74) is 0. The highest BCUT2D eigenvalue weighted by molar-refractivity contribution is 6.22. The fourth-order valence-corrected chi connectivity index (χ4v) is 1.58. The maximum Gasteiger partial charge on any atom is 0.141 e. The molecule has 0 bridgehead atoms. The monoisotopic (exact) mass is 176 g/mol. The van der Waals surface area contributed by atoms with E-state index < -0.39 is 5.06 Å². The molecule has 0 aromatic heterocycles. The van der Waals surface area contributed by atoms with Gasteiger partial charge in [0.05, 0.1) is 0 Å². The van der Waals surface area contributed by atoms with Crippen LogP contribution >= 0.6 is 11.6 Å². The third-order valence-corrected chi connectivity index (χ3v) is 2.49. The molecular weight excluding hydrogens is 162 g/mol. The number of rotatable bonds is 1. The highest BCUT2D eigenvalue weighted by Crippen LogP contribution is 2.28. The molecule has 0 saturated carbocycles. The molecule has 0 aromatic carbocycles. The first-order chi connectivity index (χ1) is 5.01. The van der Waals surface area contributed by atoms with Gasteiger partial charge in [-0.1, -0.05) is 25.4 Å². The summed E-state index contributed by atoms with van der Waals surface area (Å²) in [6.07, 6.45) is 1.20. The Morgan fingerprint density at radius 1 is 1.64 bits per heavy atom. The van der Waals surface area contributed by atoms with Crippen molar-refractivity contribution in [1.82, 2.24) is 5.32 Å². The summed E-state index contributed by atoms with van der Waals surface area (Å²) < 4.78 is 0. The molecule has 1 rings (SSSR count). The normalized spacial score (nSPS) is 39.5. The molecule has 1 saturated heterocycles. The van der Waals surface area contributed by atoms with Crippen LogP contribution in [-0.4, -0.2) is 22.8 Å². The molecule has 11 heavy (non-hydrogen) atoms. The topological polar surface area (TPSA) is 34.3 Å². The summed E-state index contributed by atoms with van der Waals surface area (Å²) in [7, 11) is 0. The van der Waals surface area contributed by atoms with E-state index in [0.717, 1.165) is 0 Å². The Labute approximate surface area is 72.9 Å². The van der Waals surface area contributed by atoms with Crippen LogP contribution in [0.4, 0.5) is 0 Å². The van der Waals surface area contributed by atoms with Gasteiger partial charge in [0.15, 0.2) is 0 Å². The highest BCUT2D eigenvalue weighted by Gasteiger charge is 2.33. The summed E-state index contributed by atoms with van der Waals surface area (Å²) >= 11 is 5.81. The van der Waals surface area contributed by atoms with Crippen LogP contribution in [0.25, 0.3) is 0 Å². The fourth-order valence-electron chi connectivity index (χ4n) is 1.34. The van der Waals surface area contributed by atoms with Gasteiger partial charge in [-0.05, 0) is 5.92 Å². The van der Waals surface area contributed by atoms with Crippen LogP contribution in [0.1, 0.15) is 26.7 Å². The van der Waals surface area contributed by atoms with Gasteiger partial charge in [0.25, 0.3) is 0 Å². The molecule has 1 heterocycles. The Morgan fingerprint density at radius 3 is 2.64 bits per heavy atom. The van der Waals surface area contributed by atoms with Gasteiger partial charge in [-0.15, -0.1) is 0 Å². The Morgan fingerprint density at radius 2 is 2.27 bits per heavy atom. The van der Waals surface area contributed by atoms with Crippen molar-refractivity contribution in [2.75, 3.05) is 6.54 Å². The highest BCUT2D eigenvalue weighted by atomic mass is 35.5. The second-order valence-electron chi connectivity index (χ2n) is 3.59. The molecule has 0 amide bonds. The average molecular weight is 177 g/mol. The number of nitrogens with zero attached hydrogens (tertiary/aromatic N) is 1. The summed E-state index contributed by atoms with van der Waals surface area (Å²) in [4.78, 5) is 0. The molecule has 2 nitrogen and oxygen atoms in total. The van der Waals surface area contributed by atoms with E-state index in [0.29, 0.717) is 25.3 Å². The predicted molar refractivity (Wildman–Crippen MR) is 45.7 cm³/mol. The van der Waals surface area contributed by atoms with Crippen molar-refractivity contribution in [1.29, 1.82) is 0 Å². The van der Waals surface area contributed by atoms with Crippen molar-refractivity contribution in [3.05, 3.63) is 0 Å². The van der Waals surface area contributed by atoms with Crippen LogP contribution in [-0.2, 0) is 0 Å². The number of hydrogen-bond donors (Lipinski definition) is 1. The molecule has 65 valence electrons. The molecule has 2 atom stereocenters. The molecule has 0 aliphatic carbocycles. The van der Waals surface area contributed by atoms with Gasteiger partial charge in [-0.2, -0.15) is 0 Å². The van der Waals surface area contributed by atoms with Gasteiger partial charge in [-0.3, -0.25) is 0 Å². The lowest BCUT2D eigenvalue weighted by atomic mass is 9.93. The standard InChI is InChI=1S/C8H15ClNO/c1-6(2)7-5-8(9,11)3-4-10-7/h6-7,11H,3-5H2,1-2H3. The van der Waals surface area contributed by atoms with Crippen molar-refractivity contribution < 1.29 is 5.11 Å². The summed E-state index contributed by atoms with van der Waals surface area (Å²) in [5, 5.41) is 12.9. The zero-order valence-corrected chi connectivity index (χ0v) is 7.80. The van der Waals surface area contributed by atoms with Gasteiger partial charge >= 0.3 is 0 Å². The Balaban J connectivity index is 2.46. The second kappa shape index (κ2) is 3.30. The van der Waals surface area contributed by atoms with Gasteiger partial charge < -0.3 is 5.11 Å². The Hall–Kier alpha value is 0.210. The maximum atomic E-state index is 9.50. The number of hydrogen-bond acceptors (Lipinski definition) is 1.